The summed E-state index contributed by atoms with van der Waals surface area (Å²) in [7, 11) is -2.80. The second-order valence-corrected chi connectivity index (χ2v) is 9.05. The minimum Gasteiger partial charge on any atom is -0.394 e. The third kappa shape index (κ3) is 7.81. The zero-order valence-corrected chi connectivity index (χ0v) is 18.2. The molecule has 0 aliphatic heterocycles. The Balaban J connectivity index is 1.98. The fraction of sp³-hybridized carbons (Fsp3) is 0.368. The number of alkyl halides is 3. The van der Waals surface area contributed by atoms with Crippen LogP contribution in [-0.2, 0) is 21.7 Å². The summed E-state index contributed by atoms with van der Waals surface area (Å²) in [5, 5.41) is 9.88. The lowest BCUT2D eigenvalue weighted by atomic mass is 9.94. The van der Waals surface area contributed by atoms with Crippen LogP contribution in [0, 0.1) is 0 Å². The quantitative estimate of drug-likeness (QED) is 0.404. The molecule has 11 heteroatoms. The molecule has 0 radical (unpaired) electrons. The summed E-state index contributed by atoms with van der Waals surface area (Å²) in [6.07, 6.45) is -2.98. The SMILES string of the molecule is NC(CO)(CCCc1ccc(Sc2cccc(C(F)(F)F)c2)cc1Cl)CO[P+](=O)O. The van der Waals surface area contributed by atoms with Crippen LogP contribution in [0.25, 0.3) is 0 Å². The van der Waals surface area contributed by atoms with Crippen molar-refractivity contribution in [3.05, 3.63) is 58.6 Å². The van der Waals surface area contributed by atoms with Crippen LogP contribution >= 0.6 is 31.6 Å². The molecule has 0 heterocycles. The first-order valence-electron chi connectivity index (χ1n) is 8.85. The monoisotopic (exact) mass is 482 g/mol. The molecular weight excluding hydrogens is 462 g/mol. The van der Waals surface area contributed by atoms with E-state index in [2.05, 4.69) is 4.52 Å². The Bertz CT molecular complexity index is 887. The van der Waals surface area contributed by atoms with Gasteiger partial charge in [0, 0.05) is 19.4 Å². The molecule has 0 saturated carbocycles. The fourth-order valence-electron chi connectivity index (χ4n) is 2.68. The molecule has 0 aliphatic rings. The highest BCUT2D eigenvalue weighted by Gasteiger charge is 2.31. The van der Waals surface area contributed by atoms with Gasteiger partial charge in [-0.05, 0) is 55.2 Å². The van der Waals surface area contributed by atoms with Crippen LogP contribution in [0.3, 0.4) is 0 Å². The predicted octanol–water partition coefficient (Wildman–Crippen LogP) is 5.19. The summed E-state index contributed by atoms with van der Waals surface area (Å²) < 4.78 is 53.8. The van der Waals surface area contributed by atoms with E-state index in [9.17, 15) is 22.8 Å². The normalized spacial score (nSPS) is 14.4. The third-order valence-corrected chi connectivity index (χ3v) is 6.00. The first kappa shape index (κ1) is 25.1. The van der Waals surface area contributed by atoms with Crippen LogP contribution in [0.5, 0.6) is 0 Å². The fourth-order valence-corrected chi connectivity index (χ4v) is 4.30. The van der Waals surface area contributed by atoms with Gasteiger partial charge in [0.2, 0.25) is 0 Å². The van der Waals surface area contributed by atoms with Crippen molar-refractivity contribution in [1.29, 1.82) is 0 Å². The molecule has 30 heavy (non-hydrogen) atoms. The molecule has 2 aromatic carbocycles. The van der Waals surface area contributed by atoms with E-state index < -0.39 is 32.1 Å². The van der Waals surface area contributed by atoms with E-state index >= 15 is 0 Å². The highest BCUT2D eigenvalue weighted by Crippen LogP contribution is 2.35. The molecule has 0 fully saturated rings. The van der Waals surface area contributed by atoms with E-state index in [-0.39, 0.29) is 6.61 Å². The minimum atomic E-state index is -4.40. The predicted molar refractivity (Wildman–Crippen MR) is 110 cm³/mol. The van der Waals surface area contributed by atoms with Crippen molar-refractivity contribution in [1.82, 2.24) is 0 Å². The second-order valence-electron chi connectivity index (χ2n) is 6.77. The van der Waals surface area contributed by atoms with E-state index in [0.717, 1.165) is 17.7 Å². The number of hydrogen-bond donors (Lipinski definition) is 3. The van der Waals surface area contributed by atoms with Crippen LogP contribution in [0.1, 0.15) is 24.0 Å². The van der Waals surface area contributed by atoms with Gasteiger partial charge in [-0.25, -0.2) is 0 Å². The number of halogens is 4. The summed E-state index contributed by atoms with van der Waals surface area (Å²) in [6.45, 7) is -0.661. The van der Waals surface area contributed by atoms with Gasteiger partial charge in [-0.2, -0.15) is 13.2 Å². The van der Waals surface area contributed by atoms with Gasteiger partial charge < -0.3 is 10.8 Å². The smallest absolute Gasteiger partial charge is 0.394 e. The number of aryl methyl sites for hydroxylation is 1. The molecule has 0 amide bonds. The average Bonchev–Trinajstić information content (AvgIpc) is 2.68. The number of hydrogen-bond acceptors (Lipinski definition) is 5. The molecule has 0 aromatic heterocycles. The van der Waals surface area contributed by atoms with Gasteiger partial charge in [-0.1, -0.05) is 35.5 Å². The van der Waals surface area contributed by atoms with Gasteiger partial charge in [-0.3, -0.25) is 0 Å². The maximum Gasteiger partial charge on any atom is 0.694 e. The van der Waals surface area contributed by atoms with Gasteiger partial charge in [0.1, 0.15) is 6.61 Å². The van der Waals surface area contributed by atoms with Crippen LogP contribution in [-0.4, -0.2) is 28.8 Å². The first-order chi connectivity index (χ1) is 14.0. The molecule has 0 bridgehead atoms. The molecule has 2 rings (SSSR count). The molecule has 0 aliphatic carbocycles. The lowest BCUT2D eigenvalue weighted by Gasteiger charge is -2.24. The molecule has 164 valence electrons. The maximum absolute atomic E-state index is 12.8. The Hall–Kier alpha value is -1.19. The zero-order valence-electron chi connectivity index (χ0n) is 15.7. The molecule has 2 atom stereocenters. The molecule has 0 saturated heterocycles. The van der Waals surface area contributed by atoms with Crippen molar-refractivity contribution in [3.63, 3.8) is 0 Å². The van der Waals surface area contributed by atoms with E-state index in [1.165, 1.54) is 17.8 Å². The Morgan fingerprint density at radius 1 is 1.17 bits per heavy atom. The molecule has 4 N–H and O–H groups in total. The van der Waals surface area contributed by atoms with E-state index in [1.807, 2.05) is 0 Å². The summed E-state index contributed by atoms with van der Waals surface area (Å²) in [6, 6.07) is 10.3. The molecule has 0 spiro atoms. The Kier molecular flexibility index (Phi) is 9.12. The van der Waals surface area contributed by atoms with Crippen molar-refractivity contribution < 1.29 is 32.3 Å². The topological polar surface area (TPSA) is 92.8 Å². The van der Waals surface area contributed by atoms with Crippen molar-refractivity contribution >= 4 is 31.6 Å². The van der Waals surface area contributed by atoms with Gasteiger partial charge in [0.15, 0.2) is 0 Å². The summed E-state index contributed by atoms with van der Waals surface area (Å²) in [4.78, 5) is 9.86. The average molecular weight is 483 g/mol. The van der Waals surface area contributed by atoms with E-state index in [1.54, 1.807) is 24.3 Å². The lowest BCUT2D eigenvalue weighted by molar-refractivity contribution is -0.137. The van der Waals surface area contributed by atoms with E-state index in [4.69, 9.17) is 22.2 Å². The van der Waals surface area contributed by atoms with Crippen LogP contribution in [0.2, 0.25) is 5.02 Å². The van der Waals surface area contributed by atoms with Crippen molar-refractivity contribution in [2.45, 2.75) is 40.8 Å². The summed E-state index contributed by atoms with van der Waals surface area (Å²) in [5.41, 5.74) is 4.94. The molecule has 2 unspecified atom stereocenters. The van der Waals surface area contributed by atoms with Crippen LogP contribution in [0.4, 0.5) is 13.2 Å². The Morgan fingerprint density at radius 3 is 2.47 bits per heavy atom. The largest absolute Gasteiger partial charge is 0.694 e. The highest BCUT2D eigenvalue weighted by atomic mass is 35.5. The van der Waals surface area contributed by atoms with Crippen molar-refractivity contribution in [2.75, 3.05) is 13.2 Å². The van der Waals surface area contributed by atoms with Gasteiger partial charge >= 0.3 is 14.4 Å². The van der Waals surface area contributed by atoms with Crippen LogP contribution in [0.15, 0.2) is 52.3 Å². The first-order valence-corrected chi connectivity index (χ1v) is 11.2. The maximum atomic E-state index is 12.8. The highest BCUT2D eigenvalue weighted by molar-refractivity contribution is 7.99. The minimum absolute atomic E-state index is 0.254. The van der Waals surface area contributed by atoms with Gasteiger partial charge in [0.05, 0.1) is 17.7 Å². The number of rotatable bonds is 10. The van der Waals surface area contributed by atoms with Crippen molar-refractivity contribution in [2.24, 2.45) is 5.73 Å². The molecule has 2 aromatic rings. The number of aliphatic hydroxyl groups excluding tert-OH is 1. The third-order valence-electron chi connectivity index (χ3n) is 4.32. The van der Waals surface area contributed by atoms with Crippen molar-refractivity contribution in [3.8, 4) is 0 Å². The van der Waals surface area contributed by atoms with E-state index in [0.29, 0.717) is 34.1 Å². The van der Waals surface area contributed by atoms with Crippen LogP contribution < -0.4 is 5.73 Å². The van der Waals surface area contributed by atoms with Gasteiger partial charge in [-0.15, -0.1) is 9.42 Å². The zero-order chi connectivity index (χ0) is 22.4. The molecular formula is C19H21ClF3NO4PS+. The van der Waals surface area contributed by atoms with Gasteiger partial charge in [0.25, 0.3) is 0 Å². The summed E-state index contributed by atoms with van der Waals surface area (Å²) >= 11 is 7.49. The summed E-state index contributed by atoms with van der Waals surface area (Å²) in [5.74, 6) is 0. The Labute approximate surface area is 182 Å². The second kappa shape index (κ2) is 10.9. The Morgan fingerprint density at radius 2 is 1.87 bits per heavy atom. The number of nitrogens with two attached hydrogens (primary N) is 1. The number of benzene rings is 2. The lowest BCUT2D eigenvalue weighted by Crippen LogP contribution is -2.47. The molecule has 5 nitrogen and oxygen atoms in total. The standard InChI is InChI=1S/C19H20ClF3NO4PS/c20-17-10-16(30-15-5-1-4-14(9-15)19(21,22)23)7-6-13(17)3-2-8-18(24,11-25)12-28-29(26)27/h1,4-7,9-10,25H,2-3,8,11-12,24H2/p+1. The number of aliphatic hydroxyl groups is 1.